The molecule has 0 radical (unpaired) electrons. The fourth-order valence-corrected chi connectivity index (χ4v) is 4.05. The largest absolute Gasteiger partial charge is 0.479 e. The molecule has 1 aliphatic rings. The van der Waals surface area contributed by atoms with Crippen LogP contribution < -0.4 is 5.32 Å². The zero-order chi connectivity index (χ0) is 17.2. The second-order valence-electron chi connectivity index (χ2n) is 5.98. The van der Waals surface area contributed by atoms with Crippen LogP contribution in [0.25, 0.3) is 11.1 Å². The Hall–Kier alpha value is -2.34. The van der Waals surface area contributed by atoms with Crippen molar-refractivity contribution in [3.05, 3.63) is 53.9 Å². The number of rotatable bonds is 4. The molecule has 1 aromatic heterocycles. The molecule has 6 heteroatoms. The predicted molar refractivity (Wildman–Crippen MR) is 94.2 cm³/mol. The number of benzene rings is 1. The summed E-state index contributed by atoms with van der Waals surface area (Å²) < 4.78 is 0. The summed E-state index contributed by atoms with van der Waals surface area (Å²) in [5.41, 5.74) is 2.11. The van der Waals surface area contributed by atoms with Crippen molar-refractivity contribution in [3.63, 3.8) is 0 Å². The third-order valence-electron chi connectivity index (χ3n) is 4.14. The van der Waals surface area contributed by atoms with Crippen LogP contribution in [0.15, 0.2) is 42.7 Å². The highest BCUT2D eigenvalue weighted by Crippen LogP contribution is 2.29. The molecule has 2 heterocycles. The molecule has 1 fully saturated rings. The van der Waals surface area contributed by atoms with Crippen molar-refractivity contribution in [2.24, 2.45) is 0 Å². The first kappa shape index (κ1) is 16.5. The molecule has 0 aliphatic carbocycles. The van der Waals surface area contributed by atoms with Gasteiger partial charge in [-0.15, -0.1) is 0 Å². The van der Waals surface area contributed by atoms with E-state index in [1.54, 1.807) is 12.3 Å². The number of aryl methyl sites for hydroxylation is 1. The highest BCUT2D eigenvalue weighted by molar-refractivity contribution is 7.99. The number of aromatic nitrogens is 1. The van der Waals surface area contributed by atoms with Crippen LogP contribution in [0.2, 0.25) is 0 Å². The molecule has 1 atom stereocenters. The minimum atomic E-state index is -1.18. The molecule has 0 spiro atoms. The van der Waals surface area contributed by atoms with Gasteiger partial charge in [0.05, 0.1) is 5.56 Å². The van der Waals surface area contributed by atoms with E-state index in [1.807, 2.05) is 31.2 Å². The van der Waals surface area contributed by atoms with Gasteiger partial charge in [-0.05, 0) is 30.7 Å². The Bertz CT molecular complexity index is 785. The van der Waals surface area contributed by atoms with Crippen LogP contribution in [-0.2, 0) is 4.79 Å². The van der Waals surface area contributed by atoms with E-state index in [2.05, 4.69) is 10.3 Å². The minimum absolute atomic E-state index is 0.367. The van der Waals surface area contributed by atoms with E-state index >= 15 is 0 Å². The van der Waals surface area contributed by atoms with Gasteiger partial charge in [0.15, 0.2) is 0 Å². The summed E-state index contributed by atoms with van der Waals surface area (Å²) >= 11 is 1.54. The highest BCUT2D eigenvalue weighted by atomic mass is 32.2. The highest BCUT2D eigenvalue weighted by Gasteiger charge is 2.43. The number of thioether (sulfide) groups is 1. The van der Waals surface area contributed by atoms with Crippen LogP contribution in [-0.4, -0.2) is 39.0 Å². The summed E-state index contributed by atoms with van der Waals surface area (Å²) in [6.45, 7) is 2.00. The van der Waals surface area contributed by atoms with Gasteiger partial charge in [0.25, 0.3) is 5.91 Å². The molecular formula is C18H18N2O3S. The van der Waals surface area contributed by atoms with Gasteiger partial charge < -0.3 is 10.4 Å². The lowest BCUT2D eigenvalue weighted by atomic mass is 9.98. The Kier molecular flexibility index (Phi) is 4.57. The Morgan fingerprint density at radius 2 is 2.08 bits per heavy atom. The molecule has 2 aromatic rings. The third kappa shape index (κ3) is 3.28. The number of nitrogens with one attached hydrogen (secondary N) is 1. The Morgan fingerprint density at radius 3 is 2.75 bits per heavy atom. The van der Waals surface area contributed by atoms with Gasteiger partial charge in [0.2, 0.25) is 0 Å². The fraction of sp³-hybridized carbons (Fsp3) is 0.278. The molecule has 1 unspecified atom stereocenters. The monoisotopic (exact) mass is 342 g/mol. The Morgan fingerprint density at radius 1 is 1.25 bits per heavy atom. The molecule has 24 heavy (non-hydrogen) atoms. The van der Waals surface area contributed by atoms with Crippen molar-refractivity contribution in [1.82, 2.24) is 10.3 Å². The first-order valence-corrected chi connectivity index (χ1v) is 8.81. The van der Waals surface area contributed by atoms with Gasteiger partial charge in [0, 0.05) is 23.7 Å². The van der Waals surface area contributed by atoms with E-state index in [1.165, 1.54) is 18.0 Å². The SMILES string of the molecule is Cc1cccc(-c2cncc(C(=O)NC3(C(=O)O)CCSC3)c2)c1. The summed E-state index contributed by atoms with van der Waals surface area (Å²) in [6, 6.07) is 9.67. The van der Waals surface area contributed by atoms with E-state index in [4.69, 9.17) is 0 Å². The topological polar surface area (TPSA) is 79.3 Å². The Labute approximate surface area is 144 Å². The van der Waals surface area contributed by atoms with Crippen molar-refractivity contribution >= 4 is 23.6 Å². The summed E-state index contributed by atoms with van der Waals surface area (Å²) in [7, 11) is 0. The minimum Gasteiger partial charge on any atom is -0.479 e. The van der Waals surface area contributed by atoms with Crippen LogP contribution in [0.4, 0.5) is 0 Å². The molecular weight excluding hydrogens is 324 g/mol. The second kappa shape index (κ2) is 6.65. The van der Waals surface area contributed by atoms with Crippen molar-refractivity contribution in [1.29, 1.82) is 0 Å². The van der Waals surface area contributed by atoms with Gasteiger partial charge in [-0.1, -0.05) is 29.8 Å². The van der Waals surface area contributed by atoms with E-state index in [0.29, 0.717) is 17.7 Å². The number of carboxylic acid groups (broad SMARTS) is 1. The zero-order valence-electron chi connectivity index (χ0n) is 13.3. The van der Waals surface area contributed by atoms with Gasteiger partial charge in [-0.2, -0.15) is 11.8 Å². The molecule has 2 N–H and O–H groups in total. The van der Waals surface area contributed by atoms with Crippen LogP contribution in [0.3, 0.4) is 0 Å². The number of pyridine rings is 1. The van der Waals surface area contributed by atoms with Crippen molar-refractivity contribution in [3.8, 4) is 11.1 Å². The standard InChI is InChI=1S/C18H18N2O3S/c1-12-3-2-4-13(7-12)14-8-15(10-19-9-14)16(21)20-18(17(22)23)5-6-24-11-18/h2-4,7-10H,5-6,11H2,1H3,(H,20,21)(H,22,23). The lowest BCUT2D eigenvalue weighted by Gasteiger charge is -2.24. The van der Waals surface area contributed by atoms with Gasteiger partial charge >= 0.3 is 5.97 Å². The van der Waals surface area contributed by atoms with Gasteiger partial charge in [-0.25, -0.2) is 4.79 Å². The molecule has 5 nitrogen and oxygen atoms in total. The van der Waals surface area contributed by atoms with Crippen molar-refractivity contribution < 1.29 is 14.7 Å². The van der Waals surface area contributed by atoms with E-state index in [-0.39, 0.29) is 0 Å². The zero-order valence-corrected chi connectivity index (χ0v) is 14.1. The predicted octanol–water partition coefficient (Wildman–Crippen LogP) is 2.75. The first-order valence-electron chi connectivity index (χ1n) is 7.66. The summed E-state index contributed by atoms with van der Waals surface area (Å²) in [6.07, 6.45) is 3.60. The Balaban J connectivity index is 1.86. The maximum absolute atomic E-state index is 12.5. The normalized spacial score (nSPS) is 19.9. The molecule has 0 saturated carbocycles. The number of aliphatic carboxylic acids is 1. The van der Waals surface area contributed by atoms with Gasteiger partial charge in [-0.3, -0.25) is 9.78 Å². The summed E-state index contributed by atoms with van der Waals surface area (Å²) in [4.78, 5) is 28.3. The van der Waals surface area contributed by atoms with E-state index in [0.717, 1.165) is 22.4 Å². The van der Waals surface area contributed by atoms with E-state index < -0.39 is 17.4 Å². The number of nitrogens with zero attached hydrogens (tertiary/aromatic N) is 1. The quantitative estimate of drug-likeness (QED) is 0.893. The first-order chi connectivity index (χ1) is 11.5. The number of carboxylic acids is 1. The van der Waals surface area contributed by atoms with Crippen molar-refractivity contribution in [2.75, 3.05) is 11.5 Å². The fourth-order valence-electron chi connectivity index (χ4n) is 2.72. The number of hydrogen-bond acceptors (Lipinski definition) is 4. The van der Waals surface area contributed by atoms with E-state index in [9.17, 15) is 14.7 Å². The van der Waals surface area contributed by atoms with Crippen LogP contribution >= 0.6 is 11.8 Å². The molecule has 1 saturated heterocycles. The molecule has 1 aromatic carbocycles. The maximum Gasteiger partial charge on any atom is 0.330 e. The summed E-state index contributed by atoms with van der Waals surface area (Å²) in [5.74, 6) is -0.265. The lowest BCUT2D eigenvalue weighted by Crippen LogP contribution is -2.54. The van der Waals surface area contributed by atoms with Crippen molar-refractivity contribution in [2.45, 2.75) is 18.9 Å². The lowest BCUT2D eigenvalue weighted by molar-refractivity contribution is -0.143. The van der Waals surface area contributed by atoms with Gasteiger partial charge in [0.1, 0.15) is 5.54 Å². The molecule has 3 rings (SSSR count). The molecule has 1 amide bonds. The summed E-state index contributed by atoms with van der Waals surface area (Å²) in [5, 5.41) is 12.2. The molecule has 0 bridgehead atoms. The second-order valence-corrected chi connectivity index (χ2v) is 7.08. The number of amides is 1. The maximum atomic E-state index is 12.5. The number of carbonyl (C=O) groups excluding carboxylic acids is 1. The number of carbonyl (C=O) groups is 2. The molecule has 1 aliphatic heterocycles. The van der Waals surface area contributed by atoms with Crippen LogP contribution in [0, 0.1) is 6.92 Å². The van der Waals surface area contributed by atoms with Crippen LogP contribution in [0.5, 0.6) is 0 Å². The van der Waals surface area contributed by atoms with Crippen LogP contribution in [0.1, 0.15) is 22.3 Å². The number of hydrogen-bond donors (Lipinski definition) is 2. The molecule has 124 valence electrons. The third-order valence-corrected chi connectivity index (χ3v) is 5.33. The average molecular weight is 342 g/mol. The smallest absolute Gasteiger partial charge is 0.330 e. The average Bonchev–Trinajstić information content (AvgIpc) is 3.05.